The maximum atomic E-state index is 5.99. The molecule has 0 amide bonds. The van der Waals surface area contributed by atoms with Crippen molar-refractivity contribution >= 4 is 5.57 Å². The van der Waals surface area contributed by atoms with Crippen molar-refractivity contribution in [1.82, 2.24) is 0 Å². The van der Waals surface area contributed by atoms with Crippen LogP contribution < -0.4 is 5.73 Å². The first-order chi connectivity index (χ1) is 9.84. The van der Waals surface area contributed by atoms with Gasteiger partial charge in [-0.3, -0.25) is 0 Å². The normalized spacial score (nSPS) is 14.0. The van der Waals surface area contributed by atoms with Gasteiger partial charge in [-0.2, -0.15) is 0 Å². The molecular formula is C19H17N. The first-order valence-electron chi connectivity index (χ1n) is 6.81. The molecule has 1 aliphatic carbocycles. The molecule has 0 atom stereocenters. The maximum absolute atomic E-state index is 5.99. The fraction of sp³-hybridized carbons (Fsp3) is 0.0526. The van der Waals surface area contributed by atoms with Gasteiger partial charge in [-0.15, -0.1) is 0 Å². The second-order valence-electron chi connectivity index (χ2n) is 4.91. The summed E-state index contributed by atoms with van der Waals surface area (Å²) in [5.74, 6) is 0. The molecule has 0 bridgehead atoms. The van der Waals surface area contributed by atoms with Crippen LogP contribution in [0.4, 0.5) is 0 Å². The maximum Gasteiger partial charge on any atom is 0.0127 e. The van der Waals surface area contributed by atoms with E-state index >= 15 is 0 Å². The van der Waals surface area contributed by atoms with Crippen LogP contribution in [0.2, 0.25) is 0 Å². The Morgan fingerprint density at radius 1 is 0.800 bits per heavy atom. The van der Waals surface area contributed by atoms with Crippen molar-refractivity contribution in [2.75, 3.05) is 0 Å². The SMILES string of the molecule is NC1=CC=CC(=C(c2ccccc2)c2ccccc2)C1. The summed E-state index contributed by atoms with van der Waals surface area (Å²) in [6, 6.07) is 21.0. The minimum absolute atomic E-state index is 0.801. The van der Waals surface area contributed by atoms with Crippen molar-refractivity contribution < 1.29 is 0 Å². The summed E-state index contributed by atoms with van der Waals surface area (Å²) in [7, 11) is 0. The van der Waals surface area contributed by atoms with Crippen LogP contribution in [0.15, 0.2) is 90.2 Å². The third kappa shape index (κ3) is 2.57. The average molecular weight is 259 g/mol. The highest BCUT2D eigenvalue weighted by molar-refractivity contribution is 5.84. The Bertz CT molecular complexity index is 635. The van der Waals surface area contributed by atoms with Crippen molar-refractivity contribution in [3.05, 3.63) is 101 Å². The summed E-state index contributed by atoms with van der Waals surface area (Å²) in [5, 5.41) is 0. The molecule has 3 rings (SSSR count). The summed E-state index contributed by atoms with van der Waals surface area (Å²) in [6.07, 6.45) is 6.96. The monoisotopic (exact) mass is 259 g/mol. The van der Waals surface area contributed by atoms with Gasteiger partial charge in [0.1, 0.15) is 0 Å². The fourth-order valence-corrected chi connectivity index (χ4v) is 2.54. The largest absolute Gasteiger partial charge is 0.402 e. The molecule has 0 saturated carbocycles. The van der Waals surface area contributed by atoms with Crippen molar-refractivity contribution in [2.45, 2.75) is 6.42 Å². The molecule has 0 unspecified atom stereocenters. The van der Waals surface area contributed by atoms with E-state index in [9.17, 15) is 0 Å². The van der Waals surface area contributed by atoms with Crippen LogP contribution in [-0.2, 0) is 0 Å². The van der Waals surface area contributed by atoms with Crippen molar-refractivity contribution in [3.8, 4) is 0 Å². The summed E-state index contributed by atoms with van der Waals surface area (Å²) in [6.45, 7) is 0. The van der Waals surface area contributed by atoms with E-state index < -0.39 is 0 Å². The Labute approximate surface area is 119 Å². The fourth-order valence-electron chi connectivity index (χ4n) is 2.54. The molecule has 2 aromatic carbocycles. The molecule has 0 saturated heterocycles. The molecule has 0 spiro atoms. The second-order valence-corrected chi connectivity index (χ2v) is 4.91. The van der Waals surface area contributed by atoms with Gasteiger partial charge in [0, 0.05) is 12.1 Å². The van der Waals surface area contributed by atoms with Gasteiger partial charge in [-0.1, -0.05) is 72.8 Å². The Morgan fingerprint density at radius 2 is 1.35 bits per heavy atom. The molecule has 0 aliphatic heterocycles. The van der Waals surface area contributed by atoms with Crippen LogP contribution >= 0.6 is 0 Å². The highest BCUT2D eigenvalue weighted by Crippen LogP contribution is 2.31. The van der Waals surface area contributed by atoms with E-state index in [0.29, 0.717) is 0 Å². The zero-order valence-corrected chi connectivity index (χ0v) is 11.3. The molecule has 20 heavy (non-hydrogen) atoms. The summed E-state index contributed by atoms with van der Waals surface area (Å²) >= 11 is 0. The van der Waals surface area contributed by atoms with Gasteiger partial charge in [0.15, 0.2) is 0 Å². The van der Waals surface area contributed by atoms with Crippen LogP contribution in [0.5, 0.6) is 0 Å². The minimum atomic E-state index is 0.801. The molecule has 1 heteroatoms. The Balaban J connectivity index is 2.18. The zero-order chi connectivity index (χ0) is 13.8. The molecule has 0 fully saturated rings. The first-order valence-corrected chi connectivity index (χ1v) is 6.81. The first kappa shape index (κ1) is 12.5. The van der Waals surface area contributed by atoms with Gasteiger partial charge >= 0.3 is 0 Å². The standard InChI is InChI=1S/C19H17N/c20-18-13-7-12-17(14-18)19(15-8-3-1-4-9-15)16-10-5-2-6-11-16/h1-13H,14,20H2. The highest BCUT2D eigenvalue weighted by Gasteiger charge is 2.12. The smallest absolute Gasteiger partial charge is 0.0127 e. The number of rotatable bonds is 2. The lowest BCUT2D eigenvalue weighted by molar-refractivity contribution is 1.10. The van der Waals surface area contributed by atoms with E-state index in [1.54, 1.807) is 0 Å². The van der Waals surface area contributed by atoms with E-state index in [0.717, 1.165) is 12.1 Å². The van der Waals surface area contributed by atoms with Crippen LogP contribution in [0.25, 0.3) is 5.57 Å². The van der Waals surface area contributed by atoms with E-state index in [2.05, 4.69) is 54.6 Å². The summed E-state index contributed by atoms with van der Waals surface area (Å²) < 4.78 is 0. The third-order valence-electron chi connectivity index (χ3n) is 3.45. The van der Waals surface area contributed by atoms with Crippen molar-refractivity contribution in [3.63, 3.8) is 0 Å². The molecule has 0 heterocycles. The third-order valence-corrected chi connectivity index (χ3v) is 3.45. The van der Waals surface area contributed by atoms with E-state index in [-0.39, 0.29) is 0 Å². The highest BCUT2D eigenvalue weighted by atomic mass is 14.6. The predicted molar refractivity (Wildman–Crippen MR) is 84.9 cm³/mol. The lowest BCUT2D eigenvalue weighted by Crippen LogP contribution is -2.03. The van der Waals surface area contributed by atoms with Crippen LogP contribution in [0, 0.1) is 0 Å². The van der Waals surface area contributed by atoms with Crippen molar-refractivity contribution in [2.24, 2.45) is 5.73 Å². The number of nitrogens with two attached hydrogens (primary N) is 1. The predicted octanol–water partition coefficient (Wildman–Crippen LogP) is 4.29. The molecule has 98 valence electrons. The lowest BCUT2D eigenvalue weighted by Gasteiger charge is -2.16. The van der Waals surface area contributed by atoms with E-state index in [4.69, 9.17) is 5.73 Å². The molecule has 0 aromatic heterocycles. The Hall–Kier alpha value is -2.54. The molecule has 0 radical (unpaired) electrons. The van der Waals surface area contributed by atoms with E-state index in [1.165, 1.54) is 22.3 Å². The number of hydrogen-bond acceptors (Lipinski definition) is 1. The van der Waals surface area contributed by atoms with Gasteiger partial charge in [0.05, 0.1) is 0 Å². The van der Waals surface area contributed by atoms with Crippen LogP contribution in [0.1, 0.15) is 17.5 Å². The van der Waals surface area contributed by atoms with E-state index in [1.807, 2.05) is 24.3 Å². The number of benzene rings is 2. The quantitative estimate of drug-likeness (QED) is 0.855. The van der Waals surface area contributed by atoms with Crippen LogP contribution in [-0.4, -0.2) is 0 Å². The summed E-state index contributed by atoms with van der Waals surface area (Å²) in [5.41, 5.74) is 11.9. The van der Waals surface area contributed by atoms with Gasteiger partial charge in [0.2, 0.25) is 0 Å². The van der Waals surface area contributed by atoms with Gasteiger partial charge < -0.3 is 5.73 Å². The topological polar surface area (TPSA) is 26.0 Å². The van der Waals surface area contributed by atoms with Gasteiger partial charge in [-0.05, 0) is 28.3 Å². The van der Waals surface area contributed by atoms with Crippen molar-refractivity contribution in [1.29, 1.82) is 0 Å². The van der Waals surface area contributed by atoms with Gasteiger partial charge in [0.25, 0.3) is 0 Å². The average Bonchev–Trinajstić information content (AvgIpc) is 2.50. The molecule has 2 aromatic rings. The Morgan fingerprint density at radius 3 is 1.85 bits per heavy atom. The zero-order valence-electron chi connectivity index (χ0n) is 11.3. The second kappa shape index (κ2) is 5.62. The number of allylic oxidation sites excluding steroid dienone is 4. The minimum Gasteiger partial charge on any atom is -0.402 e. The lowest BCUT2D eigenvalue weighted by atomic mass is 9.89. The molecular weight excluding hydrogens is 242 g/mol. The number of hydrogen-bond donors (Lipinski definition) is 1. The molecule has 1 aliphatic rings. The molecule has 2 N–H and O–H groups in total. The van der Waals surface area contributed by atoms with Crippen LogP contribution in [0.3, 0.4) is 0 Å². The summed E-state index contributed by atoms with van der Waals surface area (Å²) in [4.78, 5) is 0. The van der Waals surface area contributed by atoms with Gasteiger partial charge in [-0.25, -0.2) is 0 Å². The Kier molecular flexibility index (Phi) is 3.51. The molecule has 1 nitrogen and oxygen atoms in total.